The van der Waals surface area contributed by atoms with Gasteiger partial charge in [-0.3, -0.25) is 4.79 Å². The highest BCUT2D eigenvalue weighted by molar-refractivity contribution is 6.33. The molecule has 7 heteroatoms. The van der Waals surface area contributed by atoms with Gasteiger partial charge in [-0.1, -0.05) is 41.9 Å². The molecule has 0 bridgehead atoms. The Morgan fingerprint density at radius 1 is 1.09 bits per heavy atom. The Labute approximate surface area is 129 Å². The van der Waals surface area contributed by atoms with Crippen molar-refractivity contribution < 1.29 is 23.5 Å². The van der Waals surface area contributed by atoms with Gasteiger partial charge in [-0.05, 0) is 17.7 Å². The number of nitrogens with one attached hydrogen (secondary N) is 1. The lowest BCUT2D eigenvalue weighted by atomic mass is 10.1. The van der Waals surface area contributed by atoms with Crippen molar-refractivity contribution in [1.82, 2.24) is 5.32 Å². The summed E-state index contributed by atoms with van der Waals surface area (Å²) in [5.74, 6) is -4.65. The predicted octanol–water partition coefficient (Wildman–Crippen LogP) is 3.17. The maximum Gasteiger partial charge on any atom is 0.330 e. The molecule has 0 radical (unpaired) electrons. The lowest BCUT2D eigenvalue weighted by Gasteiger charge is -2.15. The van der Waals surface area contributed by atoms with Crippen molar-refractivity contribution in [3.63, 3.8) is 0 Å². The van der Waals surface area contributed by atoms with Gasteiger partial charge in [-0.25, -0.2) is 13.6 Å². The second-order valence-corrected chi connectivity index (χ2v) is 4.81. The van der Waals surface area contributed by atoms with Gasteiger partial charge in [0.1, 0.15) is 0 Å². The first kappa shape index (κ1) is 15.9. The Bertz CT molecular complexity index is 722. The summed E-state index contributed by atoms with van der Waals surface area (Å²) in [6.45, 7) is 0. The third-order valence-corrected chi connectivity index (χ3v) is 3.22. The molecule has 114 valence electrons. The summed E-state index contributed by atoms with van der Waals surface area (Å²) in [5.41, 5.74) is -0.00944. The largest absolute Gasteiger partial charge is 0.479 e. The van der Waals surface area contributed by atoms with Gasteiger partial charge in [0, 0.05) is 0 Å². The van der Waals surface area contributed by atoms with Gasteiger partial charge >= 0.3 is 5.97 Å². The molecule has 2 N–H and O–H groups in total. The minimum absolute atomic E-state index is 0.311. The second kappa shape index (κ2) is 6.53. The zero-order valence-electron chi connectivity index (χ0n) is 11.0. The van der Waals surface area contributed by atoms with Crippen LogP contribution in [0.5, 0.6) is 0 Å². The smallest absolute Gasteiger partial charge is 0.330 e. The monoisotopic (exact) mass is 325 g/mol. The molecule has 1 amide bonds. The van der Waals surface area contributed by atoms with E-state index in [-0.39, 0.29) is 10.6 Å². The Balaban J connectivity index is 2.30. The van der Waals surface area contributed by atoms with Gasteiger partial charge in [0.25, 0.3) is 5.91 Å². The summed E-state index contributed by atoms with van der Waals surface area (Å²) in [5, 5.41) is 11.1. The highest BCUT2D eigenvalue weighted by atomic mass is 35.5. The lowest BCUT2D eigenvalue weighted by molar-refractivity contribution is -0.139. The van der Waals surface area contributed by atoms with Crippen molar-refractivity contribution in [3.05, 3.63) is 70.2 Å². The van der Waals surface area contributed by atoms with Crippen LogP contribution in [-0.4, -0.2) is 17.0 Å². The first-order valence-electron chi connectivity index (χ1n) is 6.13. The molecule has 2 aromatic carbocycles. The summed E-state index contributed by atoms with van der Waals surface area (Å²) in [4.78, 5) is 23.4. The quantitative estimate of drug-likeness (QED) is 0.848. The molecule has 0 heterocycles. The van der Waals surface area contributed by atoms with Crippen LogP contribution in [-0.2, 0) is 4.79 Å². The molecule has 0 unspecified atom stereocenters. The van der Waals surface area contributed by atoms with E-state index in [1.807, 2.05) is 0 Å². The van der Waals surface area contributed by atoms with Gasteiger partial charge in [0.2, 0.25) is 0 Å². The molecule has 0 aliphatic carbocycles. The molecule has 0 spiro atoms. The Kier molecular flexibility index (Phi) is 4.72. The van der Waals surface area contributed by atoms with Gasteiger partial charge < -0.3 is 10.4 Å². The molecular formula is C15H10ClF2NO3. The number of carboxylic acids is 1. The maximum absolute atomic E-state index is 13.2. The lowest BCUT2D eigenvalue weighted by Crippen LogP contribution is -2.34. The Morgan fingerprint density at radius 2 is 1.68 bits per heavy atom. The first-order chi connectivity index (χ1) is 10.4. The minimum Gasteiger partial charge on any atom is -0.479 e. The van der Waals surface area contributed by atoms with Crippen LogP contribution >= 0.6 is 11.6 Å². The molecule has 4 nitrogen and oxygen atoms in total. The molecule has 0 aliphatic rings. The summed E-state index contributed by atoms with van der Waals surface area (Å²) >= 11 is 5.69. The van der Waals surface area contributed by atoms with Crippen molar-refractivity contribution in [2.45, 2.75) is 6.04 Å². The minimum atomic E-state index is -1.34. The van der Waals surface area contributed by atoms with Gasteiger partial charge in [0.05, 0.1) is 10.6 Å². The van der Waals surface area contributed by atoms with Crippen molar-refractivity contribution >= 4 is 23.5 Å². The highest BCUT2D eigenvalue weighted by Gasteiger charge is 2.24. The molecule has 2 aromatic rings. The van der Waals surface area contributed by atoms with Gasteiger partial charge in [-0.15, -0.1) is 0 Å². The molecule has 0 fully saturated rings. The van der Waals surface area contributed by atoms with E-state index < -0.39 is 29.6 Å². The summed E-state index contributed by atoms with van der Waals surface area (Å²) in [6.07, 6.45) is 0. The molecule has 0 saturated carbocycles. The van der Waals surface area contributed by atoms with E-state index in [0.29, 0.717) is 17.7 Å². The van der Waals surface area contributed by atoms with E-state index in [2.05, 4.69) is 5.32 Å². The molecule has 2 rings (SSSR count). The number of hydrogen-bond acceptors (Lipinski definition) is 2. The fraction of sp³-hybridized carbons (Fsp3) is 0.0667. The van der Waals surface area contributed by atoms with Crippen LogP contribution in [0.1, 0.15) is 22.0 Å². The number of carbonyl (C=O) groups excluding carboxylic acids is 1. The summed E-state index contributed by atoms with van der Waals surface area (Å²) in [7, 11) is 0. The van der Waals surface area contributed by atoms with E-state index in [1.165, 1.54) is 12.1 Å². The van der Waals surface area contributed by atoms with Gasteiger partial charge in [-0.2, -0.15) is 0 Å². The van der Waals surface area contributed by atoms with Crippen LogP contribution in [0.4, 0.5) is 8.78 Å². The number of aliphatic carboxylic acids is 1. The van der Waals surface area contributed by atoms with Crippen molar-refractivity contribution in [1.29, 1.82) is 0 Å². The molecule has 0 aliphatic heterocycles. The van der Waals surface area contributed by atoms with Crippen LogP contribution in [0.3, 0.4) is 0 Å². The molecular weight excluding hydrogens is 316 g/mol. The van der Waals surface area contributed by atoms with E-state index in [4.69, 9.17) is 11.6 Å². The third kappa shape index (κ3) is 3.40. The van der Waals surface area contributed by atoms with Crippen molar-refractivity contribution in [3.8, 4) is 0 Å². The fourth-order valence-electron chi connectivity index (χ4n) is 1.84. The fourth-order valence-corrected chi connectivity index (χ4v) is 2.07. The van der Waals surface area contributed by atoms with Crippen LogP contribution in [0.25, 0.3) is 0 Å². The highest BCUT2D eigenvalue weighted by Crippen LogP contribution is 2.21. The number of benzene rings is 2. The topological polar surface area (TPSA) is 66.4 Å². The van der Waals surface area contributed by atoms with Crippen molar-refractivity contribution in [2.24, 2.45) is 0 Å². The number of carboxylic acid groups (broad SMARTS) is 1. The van der Waals surface area contributed by atoms with Crippen LogP contribution in [0, 0.1) is 11.6 Å². The number of halogens is 3. The van der Waals surface area contributed by atoms with Crippen LogP contribution < -0.4 is 5.32 Å². The zero-order valence-corrected chi connectivity index (χ0v) is 11.8. The number of hydrogen-bond donors (Lipinski definition) is 2. The van der Waals surface area contributed by atoms with E-state index in [9.17, 15) is 23.5 Å². The summed E-state index contributed by atoms with van der Waals surface area (Å²) < 4.78 is 26.2. The average Bonchev–Trinajstić information content (AvgIpc) is 2.48. The first-order valence-corrected chi connectivity index (χ1v) is 6.51. The molecule has 0 saturated heterocycles. The Hall–Kier alpha value is -2.47. The average molecular weight is 326 g/mol. The normalized spacial score (nSPS) is 11.8. The number of rotatable bonds is 4. The third-order valence-electron chi connectivity index (χ3n) is 2.91. The summed E-state index contributed by atoms with van der Waals surface area (Å²) in [6, 6.07) is 7.90. The van der Waals surface area contributed by atoms with Gasteiger partial charge in [0.15, 0.2) is 17.7 Å². The predicted molar refractivity (Wildman–Crippen MR) is 75.7 cm³/mol. The maximum atomic E-state index is 13.2. The SMILES string of the molecule is O=C(N[C@H](C(=O)O)c1ccccc1)c1cc(F)c(F)cc1Cl. The second-order valence-electron chi connectivity index (χ2n) is 4.40. The molecule has 22 heavy (non-hydrogen) atoms. The van der Waals surface area contributed by atoms with Crippen molar-refractivity contribution in [2.75, 3.05) is 0 Å². The molecule has 0 aromatic heterocycles. The van der Waals surface area contributed by atoms with Crippen LogP contribution in [0.15, 0.2) is 42.5 Å². The standard InChI is InChI=1S/C15H10ClF2NO3/c16-10-7-12(18)11(17)6-9(10)14(20)19-13(15(21)22)8-4-2-1-3-5-8/h1-7,13H,(H,19,20)(H,21,22)/t13-/m0/s1. The number of amides is 1. The van der Waals surface area contributed by atoms with E-state index in [1.54, 1.807) is 18.2 Å². The van der Waals surface area contributed by atoms with E-state index >= 15 is 0 Å². The van der Waals surface area contributed by atoms with Crippen LogP contribution in [0.2, 0.25) is 5.02 Å². The Morgan fingerprint density at radius 3 is 2.27 bits per heavy atom. The van der Waals surface area contributed by atoms with E-state index in [0.717, 1.165) is 0 Å². The molecule has 1 atom stereocenters. The zero-order chi connectivity index (χ0) is 16.3. The number of carbonyl (C=O) groups is 2.